The first-order valence-corrected chi connectivity index (χ1v) is 9.15. The molecule has 132 valence electrons. The third-order valence-corrected chi connectivity index (χ3v) is 5.23. The average molecular weight is 349 g/mol. The molecule has 1 heterocycles. The first kappa shape index (κ1) is 18.9. The number of rotatable bonds is 6. The van der Waals surface area contributed by atoms with Crippen molar-refractivity contribution in [2.75, 3.05) is 20.2 Å². The molecule has 0 aliphatic heterocycles. The summed E-state index contributed by atoms with van der Waals surface area (Å²) in [6.45, 7) is 11.6. The van der Waals surface area contributed by atoms with Gasteiger partial charge in [-0.1, -0.05) is 33.8 Å². The van der Waals surface area contributed by atoms with E-state index in [0.29, 0.717) is 17.3 Å². The second-order valence-electron chi connectivity index (χ2n) is 7.10. The fraction of sp³-hybridized carbons (Fsp3) is 0.526. The summed E-state index contributed by atoms with van der Waals surface area (Å²) < 4.78 is 5.56. The van der Waals surface area contributed by atoms with Gasteiger partial charge in [0.15, 0.2) is 5.60 Å². The number of nitrogens with one attached hydrogen (secondary N) is 1. The highest BCUT2D eigenvalue weighted by molar-refractivity contribution is 7.09. The highest BCUT2D eigenvalue weighted by atomic mass is 32.1. The van der Waals surface area contributed by atoms with Gasteiger partial charge < -0.3 is 15.2 Å². The standard InChI is InChI=1S/C19H28N2O2S/c1-7-20-12-19(22,17-21-13(2)11-24-17)15-10-14(18(3,4)5)8-9-16(15)23-6/h8-11,20,22H,7,12H2,1-6H3. The van der Waals surface area contributed by atoms with Crippen LogP contribution >= 0.6 is 11.3 Å². The lowest BCUT2D eigenvalue weighted by atomic mass is 9.83. The molecule has 2 N–H and O–H groups in total. The molecule has 4 nitrogen and oxygen atoms in total. The number of aliphatic hydroxyl groups is 1. The van der Waals surface area contributed by atoms with Crippen LogP contribution < -0.4 is 10.1 Å². The van der Waals surface area contributed by atoms with Gasteiger partial charge in [0.1, 0.15) is 10.8 Å². The molecule has 2 aromatic rings. The van der Waals surface area contributed by atoms with Gasteiger partial charge in [0.25, 0.3) is 0 Å². The van der Waals surface area contributed by atoms with Crippen molar-refractivity contribution in [2.45, 2.75) is 45.6 Å². The summed E-state index contributed by atoms with van der Waals surface area (Å²) in [4.78, 5) is 4.55. The molecule has 5 heteroatoms. The SMILES string of the molecule is CCNCC(O)(c1nc(C)cs1)c1cc(C(C)(C)C)ccc1OC. The number of methoxy groups -OCH3 is 1. The Kier molecular flexibility index (Phi) is 5.68. The number of thiazole rings is 1. The number of nitrogens with zero attached hydrogens (tertiary/aromatic N) is 1. The van der Waals surface area contributed by atoms with E-state index in [4.69, 9.17) is 4.74 Å². The van der Waals surface area contributed by atoms with Crippen LogP contribution in [0.25, 0.3) is 0 Å². The van der Waals surface area contributed by atoms with Crippen molar-refractivity contribution in [3.8, 4) is 5.75 Å². The summed E-state index contributed by atoms with van der Waals surface area (Å²) in [6, 6.07) is 6.04. The van der Waals surface area contributed by atoms with Crippen molar-refractivity contribution in [1.82, 2.24) is 10.3 Å². The second kappa shape index (κ2) is 7.21. The van der Waals surface area contributed by atoms with E-state index in [1.807, 2.05) is 31.4 Å². The largest absolute Gasteiger partial charge is 0.496 e. The van der Waals surface area contributed by atoms with E-state index in [-0.39, 0.29) is 5.41 Å². The van der Waals surface area contributed by atoms with Crippen LogP contribution in [0, 0.1) is 6.92 Å². The number of hydrogen-bond donors (Lipinski definition) is 2. The molecule has 1 atom stereocenters. The number of hydrogen-bond acceptors (Lipinski definition) is 5. The van der Waals surface area contributed by atoms with E-state index in [9.17, 15) is 5.11 Å². The summed E-state index contributed by atoms with van der Waals surface area (Å²) in [5, 5.41) is 17.5. The molecule has 0 bridgehead atoms. The number of aryl methyl sites for hydroxylation is 1. The molecule has 0 fully saturated rings. The van der Waals surface area contributed by atoms with Crippen LogP contribution in [-0.2, 0) is 11.0 Å². The number of aromatic nitrogens is 1. The molecule has 0 aliphatic carbocycles. The van der Waals surface area contributed by atoms with Crippen LogP contribution in [-0.4, -0.2) is 30.3 Å². The zero-order chi connectivity index (χ0) is 18.0. The maximum atomic E-state index is 11.6. The van der Waals surface area contributed by atoms with Crippen molar-refractivity contribution in [1.29, 1.82) is 0 Å². The zero-order valence-electron chi connectivity index (χ0n) is 15.4. The smallest absolute Gasteiger partial charge is 0.157 e. The lowest BCUT2D eigenvalue weighted by Gasteiger charge is -2.30. The third-order valence-electron chi connectivity index (χ3n) is 4.11. The Morgan fingerprint density at radius 2 is 2.00 bits per heavy atom. The van der Waals surface area contributed by atoms with E-state index in [2.05, 4.69) is 37.1 Å². The Balaban J connectivity index is 2.64. The average Bonchev–Trinajstić information content (AvgIpc) is 2.98. The fourth-order valence-corrected chi connectivity index (χ4v) is 3.54. The Hall–Kier alpha value is -1.43. The van der Waals surface area contributed by atoms with Crippen molar-refractivity contribution >= 4 is 11.3 Å². The maximum Gasteiger partial charge on any atom is 0.157 e. The normalized spacial score (nSPS) is 14.5. The number of benzene rings is 1. The van der Waals surface area contributed by atoms with E-state index < -0.39 is 5.60 Å². The quantitative estimate of drug-likeness (QED) is 0.837. The van der Waals surface area contributed by atoms with Crippen LogP contribution in [0.15, 0.2) is 23.6 Å². The minimum atomic E-state index is -1.22. The number of likely N-dealkylation sites (N-methyl/N-ethyl adjacent to an activating group) is 1. The maximum absolute atomic E-state index is 11.6. The monoisotopic (exact) mass is 348 g/mol. The van der Waals surface area contributed by atoms with Gasteiger partial charge in [-0.05, 0) is 36.6 Å². The topological polar surface area (TPSA) is 54.4 Å². The molecular formula is C19H28N2O2S. The highest BCUT2D eigenvalue weighted by Gasteiger charge is 2.37. The Morgan fingerprint density at radius 1 is 1.29 bits per heavy atom. The van der Waals surface area contributed by atoms with Crippen LogP contribution in [0.5, 0.6) is 5.75 Å². The molecule has 1 aromatic carbocycles. The molecule has 2 rings (SSSR count). The number of ether oxygens (including phenoxy) is 1. The van der Waals surface area contributed by atoms with E-state index in [1.165, 1.54) is 11.3 Å². The van der Waals surface area contributed by atoms with Crippen LogP contribution in [0.1, 0.15) is 49.5 Å². The van der Waals surface area contributed by atoms with Gasteiger partial charge in [0.2, 0.25) is 0 Å². The van der Waals surface area contributed by atoms with Gasteiger partial charge in [-0.25, -0.2) is 4.98 Å². The third kappa shape index (κ3) is 3.79. The lowest BCUT2D eigenvalue weighted by molar-refractivity contribution is 0.0772. The van der Waals surface area contributed by atoms with E-state index >= 15 is 0 Å². The van der Waals surface area contributed by atoms with E-state index in [0.717, 1.165) is 23.4 Å². The molecule has 0 saturated carbocycles. The van der Waals surface area contributed by atoms with Crippen LogP contribution in [0.3, 0.4) is 0 Å². The summed E-state index contributed by atoms with van der Waals surface area (Å²) >= 11 is 1.48. The summed E-state index contributed by atoms with van der Waals surface area (Å²) in [6.07, 6.45) is 0. The minimum absolute atomic E-state index is 0.0150. The lowest BCUT2D eigenvalue weighted by Crippen LogP contribution is -2.39. The first-order chi connectivity index (χ1) is 11.2. The highest BCUT2D eigenvalue weighted by Crippen LogP contribution is 2.39. The van der Waals surface area contributed by atoms with Crippen LogP contribution in [0.4, 0.5) is 0 Å². The molecule has 1 unspecified atom stereocenters. The van der Waals surface area contributed by atoms with Gasteiger partial charge in [0, 0.05) is 23.2 Å². The van der Waals surface area contributed by atoms with Crippen LogP contribution in [0.2, 0.25) is 0 Å². The van der Waals surface area contributed by atoms with Crippen molar-refractivity contribution in [2.24, 2.45) is 0 Å². The first-order valence-electron chi connectivity index (χ1n) is 8.27. The molecule has 24 heavy (non-hydrogen) atoms. The molecule has 0 spiro atoms. The Labute approximate surface area is 148 Å². The van der Waals surface area contributed by atoms with Gasteiger partial charge in [-0.3, -0.25) is 0 Å². The van der Waals surface area contributed by atoms with E-state index in [1.54, 1.807) is 7.11 Å². The zero-order valence-corrected chi connectivity index (χ0v) is 16.3. The Bertz CT molecular complexity index is 691. The second-order valence-corrected chi connectivity index (χ2v) is 7.96. The van der Waals surface area contributed by atoms with Gasteiger partial charge >= 0.3 is 0 Å². The summed E-state index contributed by atoms with van der Waals surface area (Å²) in [5.74, 6) is 0.677. The molecule has 0 saturated heterocycles. The van der Waals surface area contributed by atoms with Crippen molar-refractivity contribution in [3.05, 3.63) is 45.4 Å². The Morgan fingerprint density at radius 3 is 2.50 bits per heavy atom. The predicted octanol–water partition coefficient (Wildman–Crippen LogP) is 3.60. The van der Waals surface area contributed by atoms with Crippen molar-refractivity contribution < 1.29 is 9.84 Å². The van der Waals surface area contributed by atoms with Gasteiger partial charge in [-0.2, -0.15) is 0 Å². The predicted molar refractivity (Wildman–Crippen MR) is 100 cm³/mol. The molecule has 0 aliphatic rings. The molecular weight excluding hydrogens is 320 g/mol. The van der Waals surface area contributed by atoms with Gasteiger partial charge in [-0.15, -0.1) is 11.3 Å². The fourth-order valence-electron chi connectivity index (χ4n) is 2.63. The van der Waals surface area contributed by atoms with Gasteiger partial charge in [0.05, 0.1) is 7.11 Å². The molecule has 0 radical (unpaired) electrons. The summed E-state index contributed by atoms with van der Waals surface area (Å²) in [5.41, 5.74) is 1.59. The van der Waals surface area contributed by atoms with Crippen molar-refractivity contribution in [3.63, 3.8) is 0 Å². The minimum Gasteiger partial charge on any atom is -0.496 e. The molecule has 1 aromatic heterocycles. The summed E-state index contributed by atoms with van der Waals surface area (Å²) in [7, 11) is 1.64. The molecule has 0 amide bonds.